The lowest BCUT2D eigenvalue weighted by Gasteiger charge is -2.30. The lowest BCUT2D eigenvalue weighted by molar-refractivity contribution is -0.141. The zero-order chi connectivity index (χ0) is 13.3. The maximum Gasteiger partial charge on any atom is 0.433 e. The number of alkyl halides is 3. The molecule has 18 heavy (non-hydrogen) atoms. The molecule has 6 heteroatoms. The number of aliphatic hydroxyl groups excluding tert-OH is 1. The molecule has 3 atom stereocenters. The molecule has 1 aromatic heterocycles. The predicted octanol–water partition coefficient (Wildman–Crippen LogP) is 2.06. The molecule has 1 saturated carbocycles. The summed E-state index contributed by atoms with van der Waals surface area (Å²) in [6, 6.07) is 3.52. The van der Waals surface area contributed by atoms with Gasteiger partial charge in [0.15, 0.2) is 0 Å². The molecule has 0 spiro atoms. The average Bonchev–Trinajstić information content (AvgIpc) is 2.32. The summed E-state index contributed by atoms with van der Waals surface area (Å²) in [6.07, 6.45) is -3.40. The van der Waals surface area contributed by atoms with E-state index >= 15 is 0 Å². The van der Waals surface area contributed by atoms with Gasteiger partial charge in [-0.1, -0.05) is 6.07 Å². The monoisotopic (exact) mass is 260 g/mol. The van der Waals surface area contributed by atoms with Crippen molar-refractivity contribution in [1.29, 1.82) is 0 Å². The van der Waals surface area contributed by atoms with E-state index in [1.54, 1.807) is 6.07 Å². The third-order valence-electron chi connectivity index (χ3n) is 3.34. The summed E-state index contributed by atoms with van der Waals surface area (Å²) in [5.74, 6) is -0.106. The highest BCUT2D eigenvalue weighted by Crippen LogP contribution is 2.33. The number of hydrogen-bond acceptors (Lipinski definition) is 3. The molecule has 3 nitrogen and oxygen atoms in total. The van der Waals surface area contributed by atoms with Crippen LogP contribution >= 0.6 is 0 Å². The molecule has 2 rings (SSSR count). The van der Waals surface area contributed by atoms with E-state index in [4.69, 9.17) is 5.73 Å². The summed E-state index contributed by atoms with van der Waals surface area (Å²) in [5.41, 5.74) is 5.26. The Hall–Kier alpha value is -1.14. The standard InChI is InChI=1S/C12H15F3N2O/c13-12(14,15)11-3-1-2-9(17-11)7-4-5-10(18)8(16)6-7/h1-3,7-8,10,18H,4-6,16H2/t7-,8-,10-/m0/s1. The maximum atomic E-state index is 12.5. The third-order valence-corrected chi connectivity index (χ3v) is 3.34. The molecule has 0 amide bonds. The largest absolute Gasteiger partial charge is 0.433 e. The number of aromatic nitrogens is 1. The molecule has 0 bridgehead atoms. The van der Waals surface area contributed by atoms with Crippen LogP contribution in [-0.4, -0.2) is 22.2 Å². The first kappa shape index (κ1) is 13.3. The first-order valence-electron chi connectivity index (χ1n) is 5.85. The second-order valence-corrected chi connectivity index (χ2v) is 4.69. The fraction of sp³-hybridized carbons (Fsp3) is 0.583. The van der Waals surface area contributed by atoms with Crippen LogP contribution in [0.4, 0.5) is 13.2 Å². The quantitative estimate of drug-likeness (QED) is 0.812. The van der Waals surface area contributed by atoms with Gasteiger partial charge in [0.05, 0.1) is 6.10 Å². The normalized spacial score (nSPS) is 29.3. The van der Waals surface area contributed by atoms with E-state index in [0.717, 1.165) is 6.07 Å². The van der Waals surface area contributed by atoms with Crippen molar-refractivity contribution in [2.45, 2.75) is 43.5 Å². The minimum Gasteiger partial charge on any atom is -0.392 e. The first-order chi connectivity index (χ1) is 8.38. The van der Waals surface area contributed by atoms with Crippen LogP contribution in [0.2, 0.25) is 0 Å². The number of pyridine rings is 1. The van der Waals surface area contributed by atoms with Crippen LogP contribution in [0.3, 0.4) is 0 Å². The van der Waals surface area contributed by atoms with Gasteiger partial charge in [-0.15, -0.1) is 0 Å². The topological polar surface area (TPSA) is 59.1 Å². The van der Waals surface area contributed by atoms with Crippen molar-refractivity contribution in [3.05, 3.63) is 29.6 Å². The van der Waals surface area contributed by atoms with Gasteiger partial charge in [-0.2, -0.15) is 13.2 Å². The van der Waals surface area contributed by atoms with Gasteiger partial charge in [0.2, 0.25) is 0 Å². The van der Waals surface area contributed by atoms with E-state index in [1.165, 1.54) is 6.07 Å². The fourth-order valence-corrected chi connectivity index (χ4v) is 2.29. The molecule has 0 unspecified atom stereocenters. The van der Waals surface area contributed by atoms with Crippen molar-refractivity contribution in [2.24, 2.45) is 5.73 Å². The molecule has 0 saturated heterocycles. The van der Waals surface area contributed by atoms with Crippen molar-refractivity contribution < 1.29 is 18.3 Å². The second-order valence-electron chi connectivity index (χ2n) is 4.69. The number of nitrogens with two attached hydrogens (primary N) is 1. The summed E-state index contributed by atoms with van der Waals surface area (Å²) in [6.45, 7) is 0. The molecular formula is C12H15F3N2O. The molecule has 0 aliphatic heterocycles. The number of aliphatic hydroxyl groups is 1. The van der Waals surface area contributed by atoms with Crippen LogP contribution in [0.15, 0.2) is 18.2 Å². The lowest BCUT2D eigenvalue weighted by atomic mass is 9.82. The number of hydrogen-bond donors (Lipinski definition) is 2. The van der Waals surface area contributed by atoms with Gasteiger partial charge in [0, 0.05) is 17.7 Å². The first-order valence-corrected chi connectivity index (χ1v) is 5.85. The van der Waals surface area contributed by atoms with Crippen LogP contribution in [-0.2, 0) is 6.18 Å². The van der Waals surface area contributed by atoms with Crippen LogP contribution < -0.4 is 5.73 Å². The van der Waals surface area contributed by atoms with Crippen LogP contribution in [0.5, 0.6) is 0 Å². The summed E-state index contributed by atoms with van der Waals surface area (Å²) in [4.78, 5) is 3.66. The van der Waals surface area contributed by atoms with E-state index < -0.39 is 18.0 Å². The molecule has 1 fully saturated rings. The smallest absolute Gasteiger partial charge is 0.392 e. The highest BCUT2D eigenvalue weighted by molar-refractivity contribution is 5.18. The van der Waals surface area contributed by atoms with Crippen molar-refractivity contribution in [1.82, 2.24) is 4.98 Å². The number of halogens is 3. The van der Waals surface area contributed by atoms with Gasteiger partial charge < -0.3 is 10.8 Å². The van der Waals surface area contributed by atoms with Gasteiger partial charge >= 0.3 is 6.18 Å². The zero-order valence-corrected chi connectivity index (χ0v) is 9.69. The van der Waals surface area contributed by atoms with Gasteiger partial charge in [-0.05, 0) is 31.4 Å². The van der Waals surface area contributed by atoms with E-state index in [2.05, 4.69) is 4.98 Å². The predicted molar refractivity (Wildman–Crippen MR) is 59.8 cm³/mol. The summed E-state index contributed by atoms with van der Waals surface area (Å²) < 4.78 is 37.6. The van der Waals surface area contributed by atoms with Gasteiger partial charge in [0.25, 0.3) is 0 Å². The minimum atomic E-state index is -4.42. The molecule has 1 aromatic rings. The molecule has 3 N–H and O–H groups in total. The van der Waals surface area contributed by atoms with Crippen LogP contribution in [0.1, 0.15) is 36.6 Å². The molecule has 0 aromatic carbocycles. The van der Waals surface area contributed by atoms with Gasteiger partial charge in [-0.25, -0.2) is 4.98 Å². The Bertz CT molecular complexity index is 422. The molecule has 1 heterocycles. The van der Waals surface area contributed by atoms with E-state index in [-0.39, 0.29) is 12.0 Å². The minimum absolute atomic E-state index is 0.106. The fourth-order valence-electron chi connectivity index (χ4n) is 2.29. The molecular weight excluding hydrogens is 245 g/mol. The summed E-state index contributed by atoms with van der Waals surface area (Å²) >= 11 is 0. The Morgan fingerprint density at radius 3 is 2.61 bits per heavy atom. The Morgan fingerprint density at radius 1 is 1.28 bits per heavy atom. The highest BCUT2D eigenvalue weighted by atomic mass is 19.4. The summed E-state index contributed by atoms with van der Waals surface area (Å²) in [7, 11) is 0. The van der Waals surface area contributed by atoms with Crippen LogP contribution in [0.25, 0.3) is 0 Å². The van der Waals surface area contributed by atoms with Gasteiger partial charge in [0.1, 0.15) is 5.69 Å². The Balaban J connectivity index is 2.19. The van der Waals surface area contributed by atoms with Gasteiger partial charge in [-0.3, -0.25) is 0 Å². The van der Waals surface area contributed by atoms with Crippen LogP contribution in [0, 0.1) is 0 Å². The lowest BCUT2D eigenvalue weighted by Crippen LogP contribution is -2.40. The SMILES string of the molecule is N[C@H]1C[C@@H](c2cccc(C(F)(F)F)n2)CC[C@@H]1O. The molecule has 0 radical (unpaired) electrons. The van der Waals surface area contributed by atoms with E-state index in [9.17, 15) is 18.3 Å². The number of nitrogens with zero attached hydrogens (tertiary/aromatic N) is 1. The molecule has 100 valence electrons. The third kappa shape index (κ3) is 2.81. The van der Waals surface area contributed by atoms with E-state index in [0.29, 0.717) is 25.0 Å². The second kappa shape index (κ2) is 4.85. The Morgan fingerprint density at radius 2 is 2.00 bits per heavy atom. The Kier molecular flexibility index (Phi) is 3.59. The van der Waals surface area contributed by atoms with Crippen molar-refractivity contribution in [3.63, 3.8) is 0 Å². The van der Waals surface area contributed by atoms with E-state index in [1.807, 2.05) is 0 Å². The van der Waals surface area contributed by atoms with Crippen molar-refractivity contribution >= 4 is 0 Å². The number of rotatable bonds is 1. The average molecular weight is 260 g/mol. The zero-order valence-electron chi connectivity index (χ0n) is 9.69. The molecule has 1 aliphatic carbocycles. The van der Waals surface area contributed by atoms with Crippen molar-refractivity contribution in [3.8, 4) is 0 Å². The highest BCUT2D eigenvalue weighted by Gasteiger charge is 2.34. The maximum absolute atomic E-state index is 12.5. The summed E-state index contributed by atoms with van der Waals surface area (Å²) in [5, 5.41) is 9.50. The van der Waals surface area contributed by atoms with Crippen molar-refractivity contribution in [2.75, 3.05) is 0 Å². The Labute approximate surface area is 103 Å². The molecule has 1 aliphatic rings.